The maximum atomic E-state index is 13.2. The predicted octanol–water partition coefficient (Wildman–Crippen LogP) is 3.45. The van der Waals surface area contributed by atoms with Crippen molar-refractivity contribution in [1.82, 2.24) is 24.6 Å². The second-order valence-electron chi connectivity index (χ2n) is 8.11. The molecule has 1 aliphatic heterocycles. The number of aryl methyl sites for hydroxylation is 1. The molecule has 0 radical (unpaired) electrons. The number of aromatic nitrogens is 3. The van der Waals surface area contributed by atoms with Crippen LogP contribution in [0.25, 0.3) is 5.69 Å². The zero-order valence-corrected chi connectivity index (χ0v) is 18.5. The number of halogens is 1. The fourth-order valence-corrected chi connectivity index (χ4v) is 3.95. The van der Waals surface area contributed by atoms with Crippen LogP contribution >= 0.6 is 11.6 Å². The normalized spacial score (nSPS) is 15.9. The van der Waals surface area contributed by atoms with Gasteiger partial charge >= 0.3 is 0 Å². The van der Waals surface area contributed by atoms with E-state index in [4.69, 9.17) is 16.0 Å². The van der Waals surface area contributed by atoms with E-state index in [0.717, 1.165) is 17.9 Å². The van der Waals surface area contributed by atoms with Crippen molar-refractivity contribution in [2.24, 2.45) is 0 Å². The Morgan fingerprint density at radius 3 is 2.65 bits per heavy atom. The molecule has 1 fully saturated rings. The minimum Gasteiger partial charge on any atom is -0.456 e. The number of benzene rings is 1. The zero-order chi connectivity index (χ0) is 22.2. The Balaban J connectivity index is 1.48. The number of furan rings is 1. The van der Waals surface area contributed by atoms with E-state index in [-0.39, 0.29) is 17.6 Å². The second kappa shape index (κ2) is 8.19. The Morgan fingerprint density at radius 2 is 1.97 bits per heavy atom. The highest BCUT2D eigenvalue weighted by Crippen LogP contribution is 2.25. The van der Waals surface area contributed by atoms with E-state index in [2.05, 4.69) is 10.1 Å². The SMILES string of the molecule is CCc1ccc(C(=O)N2CCN(C(=O)c3ncn(-c4cccc(Cl)c4)n3)C(C)(C)C2)o1. The quantitative estimate of drug-likeness (QED) is 0.619. The molecule has 3 aromatic rings. The van der Waals surface area contributed by atoms with Crippen LogP contribution in [0.4, 0.5) is 0 Å². The standard InChI is InChI=1S/C22H24ClN5O3/c1-4-17-8-9-18(31-17)20(29)26-10-11-27(22(2,3)13-26)21(30)19-24-14-28(25-19)16-7-5-6-15(23)12-16/h5-9,12,14H,4,10-11,13H2,1-3H3. The van der Waals surface area contributed by atoms with Gasteiger partial charge in [0.1, 0.15) is 12.1 Å². The molecule has 2 amide bonds. The summed E-state index contributed by atoms with van der Waals surface area (Å²) in [6, 6.07) is 10.7. The van der Waals surface area contributed by atoms with Crippen molar-refractivity contribution >= 4 is 23.4 Å². The molecule has 31 heavy (non-hydrogen) atoms. The highest BCUT2D eigenvalue weighted by molar-refractivity contribution is 6.30. The van der Waals surface area contributed by atoms with Gasteiger partial charge in [0.2, 0.25) is 5.82 Å². The molecule has 0 bridgehead atoms. The number of carbonyl (C=O) groups is 2. The Labute approximate surface area is 185 Å². The smallest absolute Gasteiger partial charge is 0.294 e. The predicted molar refractivity (Wildman–Crippen MR) is 115 cm³/mol. The van der Waals surface area contributed by atoms with E-state index in [1.807, 2.05) is 39.0 Å². The van der Waals surface area contributed by atoms with Gasteiger partial charge < -0.3 is 14.2 Å². The summed E-state index contributed by atoms with van der Waals surface area (Å²) < 4.78 is 7.13. The average Bonchev–Trinajstić information content (AvgIpc) is 3.42. The van der Waals surface area contributed by atoms with Gasteiger partial charge in [0.25, 0.3) is 11.8 Å². The molecule has 8 nitrogen and oxygen atoms in total. The van der Waals surface area contributed by atoms with Gasteiger partial charge in [0, 0.05) is 31.1 Å². The van der Waals surface area contributed by atoms with E-state index < -0.39 is 5.54 Å². The van der Waals surface area contributed by atoms with Gasteiger partial charge in [-0.1, -0.05) is 24.6 Å². The molecule has 0 saturated carbocycles. The molecule has 1 saturated heterocycles. The van der Waals surface area contributed by atoms with Gasteiger partial charge in [-0.2, -0.15) is 0 Å². The van der Waals surface area contributed by atoms with Gasteiger partial charge in [-0.25, -0.2) is 9.67 Å². The van der Waals surface area contributed by atoms with Crippen LogP contribution in [0.15, 0.2) is 47.1 Å². The van der Waals surface area contributed by atoms with Crippen molar-refractivity contribution in [2.75, 3.05) is 19.6 Å². The molecule has 0 N–H and O–H groups in total. The number of rotatable bonds is 4. The summed E-state index contributed by atoms with van der Waals surface area (Å²) in [5.74, 6) is 0.769. The Kier molecular flexibility index (Phi) is 5.58. The van der Waals surface area contributed by atoms with Crippen LogP contribution in [0.3, 0.4) is 0 Å². The molecule has 1 aliphatic rings. The fourth-order valence-electron chi connectivity index (χ4n) is 3.77. The van der Waals surface area contributed by atoms with Crippen LogP contribution < -0.4 is 0 Å². The third-order valence-corrected chi connectivity index (χ3v) is 5.65. The molecule has 3 heterocycles. The van der Waals surface area contributed by atoms with Crippen LogP contribution in [-0.2, 0) is 6.42 Å². The molecule has 162 valence electrons. The average molecular weight is 442 g/mol. The van der Waals surface area contributed by atoms with Crippen molar-refractivity contribution in [3.05, 3.63) is 65.1 Å². The lowest BCUT2D eigenvalue weighted by atomic mass is 9.98. The summed E-state index contributed by atoms with van der Waals surface area (Å²) in [4.78, 5) is 33.6. The summed E-state index contributed by atoms with van der Waals surface area (Å²) >= 11 is 6.04. The molecule has 4 rings (SSSR count). The third kappa shape index (κ3) is 4.20. The van der Waals surface area contributed by atoms with Crippen molar-refractivity contribution < 1.29 is 14.0 Å². The van der Waals surface area contributed by atoms with Crippen LogP contribution in [0.1, 0.15) is 47.7 Å². The molecule has 0 spiro atoms. The van der Waals surface area contributed by atoms with Crippen molar-refractivity contribution in [3.63, 3.8) is 0 Å². The maximum absolute atomic E-state index is 13.2. The highest BCUT2D eigenvalue weighted by Gasteiger charge is 2.40. The van der Waals surface area contributed by atoms with Gasteiger partial charge in [0.15, 0.2) is 5.76 Å². The van der Waals surface area contributed by atoms with Crippen molar-refractivity contribution in [1.29, 1.82) is 0 Å². The Hall–Kier alpha value is -3.13. The first kappa shape index (κ1) is 21.1. The Bertz CT molecular complexity index is 1120. The number of piperazine rings is 1. The zero-order valence-electron chi connectivity index (χ0n) is 17.7. The topological polar surface area (TPSA) is 84.5 Å². The number of nitrogens with zero attached hydrogens (tertiary/aromatic N) is 5. The van der Waals surface area contributed by atoms with Gasteiger partial charge in [0.05, 0.1) is 11.2 Å². The number of hydrogen-bond acceptors (Lipinski definition) is 5. The van der Waals surface area contributed by atoms with Crippen molar-refractivity contribution in [3.8, 4) is 5.69 Å². The first-order valence-electron chi connectivity index (χ1n) is 10.2. The van der Waals surface area contributed by atoms with Crippen LogP contribution in [-0.4, -0.2) is 61.6 Å². The van der Waals surface area contributed by atoms with Crippen molar-refractivity contribution in [2.45, 2.75) is 32.7 Å². The van der Waals surface area contributed by atoms with E-state index in [1.54, 1.807) is 28.0 Å². The summed E-state index contributed by atoms with van der Waals surface area (Å²) in [5, 5.41) is 4.91. The molecular formula is C22H24ClN5O3. The first-order valence-corrected chi connectivity index (χ1v) is 10.5. The van der Waals surface area contributed by atoms with Crippen LogP contribution in [0.2, 0.25) is 5.02 Å². The molecular weight excluding hydrogens is 418 g/mol. The number of amides is 2. The van der Waals surface area contributed by atoms with Crippen LogP contribution in [0.5, 0.6) is 0 Å². The van der Waals surface area contributed by atoms with E-state index in [0.29, 0.717) is 30.4 Å². The largest absolute Gasteiger partial charge is 0.456 e. The number of carbonyl (C=O) groups excluding carboxylic acids is 2. The molecule has 1 aromatic carbocycles. The molecule has 0 aliphatic carbocycles. The highest BCUT2D eigenvalue weighted by atomic mass is 35.5. The first-order chi connectivity index (χ1) is 14.8. The van der Waals surface area contributed by atoms with Gasteiger partial charge in [-0.3, -0.25) is 9.59 Å². The van der Waals surface area contributed by atoms with E-state index >= 15 is 0 Å². The Morgan fingerprint density at radius 1 is 1.16 bits per heavy atom. The molecule has 9 heteroatoms. The second-order valence-corrected chi connectivity index (χ2v) is 8.54. The summed E-state index contributed by atoms with van der Waals surface area (Å²) in [6.45, 7) is 7.00. The van der Waals surface area contributed by atoms with E-state index in [1.165, 1.54) is 11.0 Å². The molecule has 2 aromatic heterocycles. The van der Waals surface area contributed by atoms with Gasteiger partial charge in [-0.05, 0) is 44.2 Å². The lowest BCUT2D eigenvalue weighted by Crippen LogP contribution is -2.62. The van der Waals surface area contributed by atoms with Crippen LogP contribution in [0, 0.1) is 0 Å². The lowest BCUT2D eigenvalue weighted by molar-refractivity contribution is 0.0149. The van der Waals surface area contributed by atoms with Gasteiger partial charge in [-0.15, -0.1) is 5.10 Å². The summed E-state index contributed by atoms with van der Waals surface area (Å²) in [7, 11) is 0. The summed E-state index contributed by atoms with van der Waals surface area (Å²) in [5.41, 5.74) is 0.130. The minimum absolute atomic E-state index is 0.103. The van der Waals surface area contributed by atoms with E-state index in [9.17, 15) is 9.59 Å². The minimum atomic E-state index is -0.591. The lowest BCUT2D eigenvalue weighted by Gasteiger charge is -2.46. The molecule has 0 atom stereocenters. The maximum Gasteiger partial charge on any atom is 0.294 e. The fraction of sp³-hybridized carbons (Fsp3) is 0.364. The third-order valence-electron chi connectivity index (χ3n) is 5.41. The summed E-state index contributed by atoms with van der Waals surface area (Å²) in [6.07, 6.45) is 2.23. The monoisotopic (exact) mass is 441 g/mol. The number of hydrogen-bond donors (Lipinski definition) is 0. The molecule has 0 unspecified atom stereocenters.